The first-order chi connectivity index (χ1) is 5.75. The van der Waals surface area contributed by atoms with Crippen molar-refractivity contribution < 1.29 is 9.84 Å². The van der Waals surface area contributed by atoms with Gasteiger partial charge in [0.1, 0.15) is 18.1 Å². The first-order valence-corrected chi connectivity index (χ1v) is 3.96. The lowest BCUT2D eigenvalue weighted by atomic mass is 10.0. The maximum absolute atomic E-state index is 9.14. The molecule has 0 aromatic heterocycles. The fourth-order valence-corrected chi connectivity index (χ4v) is 1.38. The summed E-state index contributed by atoms with van der Waals surface area (Å²) in [6.45, 7) is 0.538. The van der Waals surface area contributed by atoms with E-state index in [1.165, 1.54) is 0 Å². The Morgan fingerprint density at radius 2 is 2.23 bits per heavy atom. The molecule has 1 heterocycles. The van der Waals surface area contributed by atoms with Crippen LogP contribution in [0.15, 0.2) is 18.2 Å². The van der Waals surface area contributed by atoms with Crippen molar-refractivity contribution in [3.8, 4) is 11.5 Å². The van der Waals surface area contributed by atoms with Gasteiger partial charge in [-0.1, -0.05) is 6.07 Å². The molecule has 0 radical (unpaired) electrons. The Morgan fingerprint density at radius 1 is 1.46 bits per heavy atom. The van der Waals surface area contributed by atoms with Crippen LogP contribution in [-0.4, -0.2) is 17.8 Å². The van der Waals surface area contributed by atoms with Gasteiger partial charge in [0.05, 0.1) is 0 Å². The summed E-state index contributed by atoms with van der Waals surface area (Å²) in [4.78, 5) is 0. The van der Waals surface area contributed by atoms with E-state index in [2.05, 4.69) is 0 Å². The maximum Gasteiger partial charge on any atom is 0.126 e. The lowest BCUT2D eigenvalue weighted by Crippen LogP contribution is -2.33. The van der Waals surface area contributed by atoms with Gasteiger partial charge in [-0.15, -0.1) is 17.0 Å². The predicted octanol–water partition coefficient (Wildman–Crippen LogP) is 1.23. The average molecular weight is 246 g/mol. The number of hydrogen-bond acceptors (Lipinski definition) is 3. The fraction of sp³-hybridized carbons (Fsp3) is 0.333. The lowest BCUT2D eigenvalue weighted by molar-refractivity contribution is 0.262. The second-order valence-corrected chi connectivity index (χ2v) is 3.07. The zero-order valence-corrected chi connectivity index (χ0v) is 8.78. The van der Waals surface area contributed by atoms with Crippen LogP contribution < -0.4 is 10.5 Å². The van der Waals surface area contributed by atoms with Crippen molar-refractivity contribution in [1.29, 1.82) is 0 Å². The van der Waals surface area contributed by atoms with Crippen LogP contribution in [0.3, 0.4) is 0 Å². The molecular weight excluding hydrogens is 234 g/mol. The van der Waals surface area contributed by atoms with Gasteiger partial charge in [0.15, 0.2) is 0 Å². The number of halogens is 1. The number of ether oxygens (including phenoxy) is 1. The van der Waals surface area contributed by atoms with Crippen molar-refractivity contribution in [3.63, 3.8) is 0 Å². The summed E-state index contributed by atoms with van der Waals surface area (Å²) in [6, 6.07) is 5.22. The molecule has 0 spiro atoms. The van der Waals surface area contributed by atoms with Gasteiger partial charge in [-0.3, -0.25) is 0 Å². The third-order valence-electron chi connectivity index (χ3n) is 1.99. The zero-order chi connectivity index (χ0) is 8.55. The minimum atomic E-state index is 0. The highest BCUT2D eigenvalue weighted by atomic mass is 79.9. The van der Waals surface area contributed by atoms with E-state index in [-0.39, 0.29) is 28.8 Å². The Morgan fingerprint density at radius 3 is 3.00 bits per heavy atom. The van der Waals surface area contributed by atoms with Crippen LogP contribution in [0.4, 0.5) is 0 Å². The fourth-order valence-electron chi connectivity index (χ4n) is 1.38. The lowest BCUT2D eigenvalue weighted by Gasteiger charge is -2.22. The smallest absolute Gasteiger partial charge is 0.126 e. The van der Waals surface area contributed by atoms with Crippen LogP contribution >= 0.6 is 17.0 Å². The Balaban J connectivity index is 0.000000845. The van der Waals surface area contributed by atoms with Crippen molar-refractivity contribution >= 4 is 17.0 Å². The topological polar surface area (TPSA) is 55.5 Å². The SMILES string of the molecule is Br.NC1COc2cc(O)ccc2C1. The quantitative estimate of drug-likeness (QED) is 0.723. The van der Waals surface area contributed by atoms with Crippen molar-refractivity contribution in [2.45, 2.75) is 12.5 Å². The van der Waals surface area contributed by atoms with E-state index in [0.29, 0.717) is 6.61 Å². The molecule has 3 nitrogen and oxygen atoms in total. The monoisotopic (exact) mass is 245 g/mol. The Hall–Kier alpha value is -0.740. The number of phenols is 1. The molecule has 1 aliphatic rings. The van der Waals surface area contributed by atoms with Gasteiger partial charge in [-0.05, 0) is 18.1 Å². The van der Waals surface area contributed by atoms with Crippen LogP contribution in [0.25, 0.3) is 0 Å². The standard InChI is InChI=1S/C9H11NO2.BrH/c10-7-3-6-1-2-8(11)4-9(6)12-5-7;/h1-2,4,7,11H,3,5,10H2;1H. The van der Waals surface area contributed by atoms with Crippen molar-refractivity contribution in [2.24, 2.45) is 5.73 Å². The molecule has 3 N–H and O–H groups in total. The summed E-state index contributed by atoms with van der Waals surface area (Å²) in [5.41, 5.74) is 6.78. The molecule has 4 heteroatoms. The number of benzene rings is 1. The van der Waals surface area contributed by atoms with Crippen LogP contribution in [0, 0.1) is 0 Å². The summed E-state index contributed by atoms with van der Waals surface area (Å²) >= 11 is 0. The van der Waals surface area contributed by atoms with E-state index >= 15 is 0 Å². The normalized spacial score (nSPS) is 19.6. The summed E-state index contributed by atoms with van der Waals surface area (Å²) in [5, 5.41) is 9.14. The van der Waals surface area contributed by atoms with Crippen LogP contribution in [0.1, 0.15) is 5.56 Å². The molecule has 0 saturated heterocycles. The number of aromatic hydroxyl groups is 1. The van der Waals surface area contributed by atoms with Crippen LogP contribution in [0.5, 0.6) is 11.5 Å². The minimum Gasteiger partial charge on any atom is -0.508 e. The van der Waals surface area contributed by atoms with E-state index in [4.69, 9.17) is 15.6 Å². The maximum atomic E-state index is 9.14. The van der Waals surface area contributed by atoms with Gasteiger partial charge in [0.25, 0.3) is 0 Å². The first-order valence-electron chi connectivity index (χ1n) is 3.96. The number of nitrogens with two attached hydrogens (primary N) is 1. The number of hydrogen-bond donors (Lipinski definition) is 2. The van der Waals surface area contributed by atoms with E-state index < -0.39 is 0 Å². The Kier molecular flexibility index (Phi) is 3.17. The molecule has 0 bridgehead atoms. The highest BCUT2D eigenvalue weighted by molar-refractivity contribution is 8.93. The first kappa shape index (κ1) is 10.3. The van der Waals surface area contributed by atoms with Gasteiger partial charge >= 0.3 is 0 Å². The van der Waals surface area contributed by atoms with Gasteiger partial charge < -0.3 is 15.6 Å². The highest BCUT2D eigenvalue weighted by Crippen LogP contribution is 2.27. The largest absolute Gasteiger partial charge is 0.508 e. The molecule has 0 saturated carbocycles. The summed E-state index contributed by atoms with van der Waals surface area (Å²) in [6.07, 6.45) is 0.829. The van der Waals surface area contributed by atoms with Crippen LogP contribution in [0.2, 0.25) is 0 Å². The second-order valence-electron chi connectivity index (χ2n) is 3.07. The molecule has 72 valence electrons. The number of fused-ring (bicyclic) bond motifs is 1. The Labute approximate surface area is 87.3 Å². The highest BCUT2D eigenvalue weighted by Gasteiger charge is 2.16. The third-order valence-corrected chi connectivity index (χ3v) is 1.99. The van der Waals surface area contributed by atoms with E-state index in [1.807, 2.05) is 6.07 Å². The second kappa shape index (κ2) is 3.98. The van der Waals surface area contributed by atoms with Crippen molar-refractivity contribution in [1.82, 2.24) is 0 Å². The van der Waals surface area contributed by atoms with Gasteiger partial charge in [-0.2, -0.15) is 0 Å². The van der Waals surface area contributed by atoms with E-state index in [0.717, 1.165) is 17.7 Å². The molecule has 1 aliphatic heterocycles. The molecular formula is C9H12BrNO2. The molecule has 1 atom stereocenters. The third kappa shape index (κ3) is 2.14. The zero-order valence-electron chi connectivity index (χ0n) is 7.06. The van der Waals surface area contributed by atoms with Gasteiger partial charge in [0.2, 0.25) is 0 Å². The predicted molar refractivity (Wildman–Crippen MR) is 55.6 cm³/mol. The van der Waals surface area contributed by atoms with Crippen molar-refractivity contribution in [3.05, 3.63) is 23.8 Å². The molecule has 0 fully saturated rings. The van der Waals surface area contributed by atoms with Crippen molar-refractivity contribution in [2.75, 3.05) is 6.61 Å². The molecule has 13 heavy (non-hydrogen) atoms. The molecule has 2 rings (SSSR count). The molecule has 1 unspecified atom stereocenters. The summed E-state index contributed by atoms with van der Waals surface area (Å²) in [5.74, 6) is 1.00. The molecule has 0 aliphatic carbocycles. The number of rotatable bonds is 0. The summed E-state index contributed by atoms with van der Waals surface area (Å²) < 4.78 is 5.33. The average Bonchev–Trinajstić information content (AvgIpc) is 2.05. The number of phenolic OH excluding ortho intramolecular Hbond substituents is 1. The molecule has 1 aromatic carbocycles. The van der Waals surface area contributed by atoms with E-state index in [9.17, 15) is 0 Å². The molecule has 1 aromatic rings. The summed E-state index contributed by atoms with van der Waals surface area (Å²) in [7, 11) is 0. The van der Waals surface area contributed by atoms with Gasteiger partial charge in [-0.25, -0.2) is 0 Å². The van der Waals surface area contributed by atoms with Gasteiger partial charge in [0, 0.05) is 12.1 Å². The minimum absolute atomic E-state index is 0. The molecule has 0 amide bonds. The van der Waals surface area contributed by atoms with E-state index in [1.54, 1.807) is 12.1 Å². The van der Waals surface area contributed by atoms with Crippen LogP contribution in [-0.2, 0) is 6.42 Å². The Bertz CT molecular complexity index is 304.